The van der Waals surface area contributed by atoms with Gasteiger partial charge in [-0.1, -0.05) is 6.07 Å². The minimum Gasteiger partial charge on any atom is -0.453 e. The molecule has 2 amide bonds. The van der Waals surface area contributed by atoms with Crippen molar-refractivity contribution in [2.24, 2.45) is 0 Å². The summed E-state index contributed by atoms with van der Waals surface area (Å²) in [5.41, 5.74) is 0.875. The van der Waals surface area contributed by atoms with Crippen LogP contribution in [0.5, 0.6) is 0 Å². The Morgan fingerprint density at radius 1 is 1.32 bits per heavy atom. The van der Waals surface area contributed by atoms with E-state index in [-0.39, 0.29) is 19.0 Å². The first-order chi connectivity index (χ1) is 10.2. The van der Waals surface area contributed by atoms with Crippen molar-refractivity contribution >= 4 is 33.4 Å². The van der Waals surface area contributed by atoms with Crippen LogP contribution in [0.2, 0.25) is 0 Å². The molecule has 0 aliphatic heterocycles. The van der Waals surface area contributed by atoms with Gasteiger partial charge in [-0.25, -0.2) is 13.2 Å². The molecule has 1 aromatic carbocycles. The molecule has 0 spiro atoms. The highest BCUT2D eigenvalue weighted by Crippen LogP contribution is 2.21. The Kier molecular flexibility index (Phi) is 6.17. The molecule has 22 heavy (non-hydrogen) atoms. The van der Waals surface area contributed by atoms with Crippen molar-refractivity contribution in [3.8, 4) is 0 Å². The van der Waals surface area contributed by atoms with Gasteiger partial charge in [0, 0.05) is 19.2 Å². The van der Waals surface area contributed by atoms with Crippen LogP contribution in [-0.2, 0) is 19.6 Å². The van der Waals surface area contributed by atoms with Crippen LogP contribution in [-0.4, -0.2) is 46.9 Å². The fourth-order valence-corrected chi connectivity index (χ4v) is 2.68. The lowest BCUT2D eigenvalue weighted by Gasteiger charge is -2.23. The van der Waals surface area contributed by atoms with Gasteiger partial charge < -0.3 is 15.4 Å². The van der Waals surface area contributed by atoms with Crippen LogP contribution in [0, 0.1) is 0 Å². The van der Waals surface area contributed by atoms with E-state index in [1.54, 1.807) is 24.3 Å². The molecule has 0 saturated carbocycles. The molecule has 122 valence electrons. The molecular weight excluding hydrogens is 310 g/mol. The summed E-state index contributed by atoms with van der Waals surface area (Å²) in [7, 11) is -2.32. The summed E-state index contributed by atoms with van der Waals surface area (Å²) in [6.07, 6.45) is 0.427. The molecule has 8 nitrogen and oxygen atoms in total. The summed E-state index contributed by atoms with van der Waals surface area (Å²) in [4.78, 5) is 22.1. The Bertz CT molecular complexity index is 645. The molecule has 0 bridgehead atoms. The first-order valence-corrected chi connectivity index (χ1v) is 8.26. The predicted molar refractivity (Wildman–Crippen MR) is 83.3 cm³/mol. The maximum atomic E-state index is 11.9. The maximum absolute atomic E-state index is 11.9. The van der Waals surface area contributed by atoms with Crippen LogP contribution in [0.15, 0.2) is 24.3 Å². The molecule has 0 heterocycles. The van der Waals surface area contributed by atoms with Crippen molar-refractivity contribution < 1.29 is 22.7 Å². The number of carbonyl (C=O) groups is 2. The number of carbonyl (C=O) groups excluding carboxylic acids is 2. The second-order valence-corrected chi connectivity index (χ2v) is 6.39. The van der Waals surface area contributed by atoms with E-state index in [0.717, 1.165) is 10.6 Å². The van der Waals surface area contributed by atoms with Gasteiger partial charge in [0.15, 0.2) is 0 Å². The minimum atomic E-state index is -3.54. The summed E-state index contributed by atoms with van der Waals surface area (Å²) < 4.78 is 29.4. The molecule has 0 aliphatic rings. The third-order valence-electron chi connectivity index (χ3n) is 2.62. The summed E-state index contributed by atoms with van der Waals surface area (Å²) in [5, 5.41) is 5.00. The van der Waals surface area contributed by atoms with Crippen LogP contribution in [0.4, 0.5) is 16.2 Å². The second kappa shape index (κ2) is 7.64. The van der Waals surface area contributed by atoms with Crippen molar-refractivity contribution in [2.75, 3.05) is 36.1 Å². The molecule has 9 heteroatoms. The number of hydrogen-bond donors (Lipinski definition) is 2. The van der Waals surface area contributed by atoms with E-state index in [2.05, 4.69) is 15.4 Å². The van der Waals surface area contributed by atoms with Crippen LogP contribution >= 0.6 is 0 Å². The quantitative estimate of drug-likeness (QED) is 0.802. The largest absolute Gasteiger partial charge is 0.453 e. The van der Waals surface area contributed by atoms with Crippen LogP contribution < -0.4 is 14.9 Å². The van der Waals surface area contributed by atoms with Crippen LogP contribution in [0.1, 0.15) is 6.92 Å². The average molecular weight is 329 g/mol. The smallest absolute Gasteiger partial charge is 0.406 e. The first-order valence-electron chi connectivity index (χ1n) is 6.41. The van der Waals surface area contributed by atoms with Gasteiger partial charge in [0.05, 0.1) is 25.6 Å². The van der Waals surface area contributed by atoms with Gasteiger partial charge in [0.25, 0.3) is 0 Å². The molecule has 0 fully saturated rings. The van der Waals surface area contributed by atoms with Gasteiger partial charge in [-0.2, -0.15) is 0 Å². The van der Waals surface area contributed by atoms with Gasteiger partial charge in [-0.3, -0.25) is 9.10 Å². The number of methoxy groups -OCH3 is 1. The molecule has 1 aromatic rings. The van der Waals surface area contributed by atoms with Gasteiger partial charge in [-0.05, 0) is 18.2 Å². The van der Waals surface area contributed by atoms with E-state index in [9.17, 15) is 18.0 Å². The third-order valence-corrected chi connectivity index (χ3v) is 3.82. The van der Waals surface area contributed by atoms with Gasteiger partial charge >= 0.3 is 6.09 Å². The number of nitrogens with one attached hydrogen (secondary N) is 2. The molecule has 1 rings (SSSR count). The number of benzene rings is 1. The summed E-state index contributed by atoms with van der Waals surface area (Å²) in [5.74, 6) is -0.254. The number of anilines is 2. The minimum absolute atomic E-state index is 0.0391. The number of amides is 2. The van der Waals surface area contributed by atoms with E-state index in [1.807, 2.05) is 0 Å². The Morgan fingerprint density at radius 2 is 2.00 bits per heavy atom. The van der Waals surface area contributed by atoms with Gasteiger partial charge in [-0.15, -0.1) is 0 Å². The lowest BCUT2D eigenvalue weighted by molar-refractivity contribution is -0.114. The van der Waals surface area contributed by atoms with Crippen molar-refractivity contribution in [3.63, 3.8) is 0 Å². The van der Waals surface area contributed by atoms with Crippen LogP contribution in [0.3, 0.4) is 0 Å². The monoisotopic (exact) mass is 329 g/mol. The van der Waals surface area contributed by atoms with Gasteiger partial charge in [0.2, 0.25) is 15.9 Å². The topological polar surface area (TPSA) is 105 Å². The zero-order chi connectivity index (χ0) is 16.8. The third kappa shape index (κ3) is 5.60. The molecule has 0 atom stereocenters. The van der Waals surface area contributed by atoms with Crippen molar-refractivity contribution in [1.29, 1.82) is 0 Å². The number of hydrogen-bond acceptors (Lipinski definition) is 5. The van der Waals surface area contributed by atoms with Crippen molar-refractivity contribution in [2.45, 2.75) is 6.92 Å². The predicted octanol–water partition coefficient (Wildman–Crippen LogP) is 0.767. The number of alkyl carbamates (subject to hydrolysis) is 1. The molecule has 0 aliphatic carbocycles. The highest BCUT2D eigenvalue weighted by Gasteiger charge is 2.18. The SMILES string of the molecule is COC(=O)NCCN(c1cccc(NC(C)=O)c1)S(C)(=O)=O. The Hall–Kier alpha value is -2.29. The van der Waals surface area contributed by atoms with E-state index in [1.165, 1.54) is 14.0 Å². The molecule has 0 saturated heterocycles. The lowest BCUT2D eigenvalue weighted by Crippen LogP contribution is -2.38. The Morgan fingerprint density at radius 3 is 2.55 bits per heavy atom. The molecule has 0 aromatic heterocycles. The van der Waals surface area contributed by atoms with Crippen LogP contribution in [0.25, 0.3) is 0 Å². The number of nitrogens with zero attached hydrogens (tertiary/aromatic N) is 1. The van der Waals surface area contributed by atoms with Crippen molar-refractivity contribution in [1.82, 2.24) is 5.32 Å². The Balaban J connectivity index is 2.93. The van der Waals surface area contributed by atoms with E-state index >= 15 is 0 Å². The molecular formula is C13H19N3O5S. The summed E-state index contributed by atoms with van der Waals surface area (Å²) >= 11 is 0. The standard InChI is InChI=1S/C13H19N3O5S/c1-10(17)15-11-5-4-6-12(9-11)16(22(3,19)20)8-7-14-13(18)21-2/h4-6,9H,7-8H2,1-3H3,(H,14,18)(H,15,17). The maximum Gasteiger partial charge on any atom is 0.406 e. The number of rotatable bonds is 6. The van der Waals surface area contributed by atoms with E-state index < -0.39 is 16.1 Å². The highest BCUT2D eigenvalue weighted by molar-refractivity contribution is 7.92. The molecule has 2 N–H and O–H groups in total. The Labute approximate surface area is 129 Å². The highest BCUT2D eigenvalue weighted by atomic mass is 32.2. The average Bonchev–Trinajstić information content (AvgIpc) is 2.41. The normalized spacial score (nSPS) is 10.7. The number of ether oxygens (including phenoxy) is 1. The van der Waals surface area contributed by atoms with E-state index in [0.29, 0.717) is 11.4 Å². The van der Waals surface area contributed by atoms with E-state index in [4.69, 9.17) is 0 Å². The molecule has 0 unspecified atom stereocenters. The van der Waals surface area contributed by atoms with Crippen molar-refractivity contribution in [3.05, 3.63) is 24.3 Å². The first kappa shape index (κ1) is 17.8. The van der Waals surface area contributed by atoms with Gasteiger partial charge in [0.1, 0.15) is 0 Å². The summed E-state index contributed by atoms with van der Waals surface area (Å²) in [6.45, 7) is 1.49. The number of sulfonamides is 1. The summed E-state index contributed by atoms with van der Waals surface area (Å²) in [6, 6.07) is 6.43. The second-order valence-electron chi connectivity index (χ2n) is 4.49. The fourth-order valence-electron chi connectivity index (χ4n) is 1.76. The zero-order valence-electron chi connectivity index (χ0n) is 12.6. The zero-order valence-corrected chi connectivity index (χ0v) is 13.4. The molecule has 0 radical (unpaired) electrons. The fraction of sp³-hybridized carbons (Fsp3) is 0.385. The lowest BCUT2D eigenvalue weighted by atomic mass is 10.2.